The highest BCUT2D eigenvalue weighted by Gasteiger charge is 2.07. The largest absolute Gasteiger partial charge is 0.396 e. The summed E-state index contributed by atoms with van der Waals surface area (Å²) in [6, 6.07) is 4.73. The van der Waals surface area contributed by atoms with Crippen LogP contribution in [-0.2, 0) is 12.2 Å². The Kier molecular flexibility index (Phi) is 4.19. The van der Waals surface area contributed by atoms with Crippen molar-refractivity contribution in [2.45, 2.75) is 30.4 Å². The zero-order valence-electron chi connectivity index (χ0n) is 10.0. The van der Waals surface area contributed by atoms with E-state index in [1.54, 1.807) is 12.1 Å². The maximum absolute atomic E-state index is 13.2. The number of nitrogens with zero attached hydrogens (tertiary/aromatic N) is 2. The first-order valence-corrected chi connectivity index (χ1v) is 6.67. The number of aryl methyl sites for hydroxylation is 1. The smallest absolute Gasteiger partial charge is 0.237 e. The van der Waals surface area contributed by atoms with Gasteiger partial charge in [0.25, 0.3) is 0 Å². The summed E-state index contributed by atoms with van der Waals surface area (Å²) in [5.41, 5.74) is 5.56. The molecule has 0 saturated carbocycles. The van der Waals surface area contributed by atoms with E-state index in [1.165, 1.54) is 17.8 Å². The van der Waals surface area contributed by atoms with E-state index < -0.39 is 5.82 Å². The summed E-state index contributed by atoms with van der Waals surface area (Å²) in [5.74, 6) is 1.40. The fourth-order valence-corrected chi connectivity index (χ4v) is 2.18. The fraction of sp³-hybridized carbons (Fsp3) is 0.333. The van der Waals surface area contributed by atoms with E-state index in [9.17, 15) is 4.39 Å². The number of rotatable bonds is 5. The number of anilines is 1. The Bertz CT molecular complexity index is 530. The Morgan fingerprint density at radius 3 is 3.00 bits per heavy atom. The van der Waals surface area contributed by atoms with Crippen LogP contribution in [-0.4, -0.2) is 10.1 Å². The van der Waals surface area contributed by atoms with E-state index in [-0.39, 0.29) is 5.69 Å². The molecule has 1 heterocycles. The van der Waals surface area contributed by atoms with Crippen LogP contribution < -0.4 is 5.73 Å². The monoisotopic (exact) mass is 267 g/mol. The van der Waals surface area contributed by atoms with Crippen molar-refractivity contribution >= 4 is 17.4 Å². The predicted octanol–water partition coefficient (Wildman–Crippen LogP) is 3.04. The first kappa shape index (κ1) is 12.9. The van der Waals surface area contributed by atoms with Gasteiger partial charge in [0.05, 0.1) is 11.4 Å². The zero-order valence-corrected chi connectivity index (χ0v) is 10.8. The highest BCUT2D eigenvalue weighted by Crippen LogP contribution is 2.24. The molecular weight excluding hydrogens is 253 g/mol. The third-order valence-electron chi connectivity index (χ3n) is 2.32. The molecule has 0 aliphatic heterocycles. The summed E-state index contributed by atoms with van der Waals surface area (Å²) in [6.07, 6.45) is 1.79. The minimum atomic E-state index is -0.405. The van der Waals surface area contributed by atoms with Crippen molar-refractivity contribution in [3.63, 3.8) is 0 Å². The Balaban J connectivity index is 1.95. The summed E-state index contributed by atoms with van der Waals surface area (Å²) in [7, 11) is 0. The molecule has 2 rings (SSSR count). The highest BCUT2D eigenvalue weighted by molar-refractivity contribution is 7.98. The molecule has 96 valence electrons. The van der Waals surface area contributed by atoms with Crippen LogP contribution in [0.3, 0.4) is 0 Å². The zero-order chi connectivity index (χ0) is 13.0. The third-order valence-corrected chi connectivity index (χ3v) is 3.30. The van der Waals surface area contributed by atoms with E-state index in [0.29, 0.717) is 11.6 Å². The molecule has 2 N–H and O–H groups in total. The Hall–Kier alpha value is -1.56. The quantitative estimate of drug-likeness (QED) is 0.666. The number of thioether (sulfide) groups is 1. The molecule has 6 heteroatoms. The van der Waals surface area contributed by atoms with Crippen LogP contribution in [0.5, 0.6) is 0 Å². The van der Waals surface area contributed by atoms with Gasteiger partial charge in [-0.05, 0) is 24.6 Å². The van der Waals surface area contributed by atoms with Gasteiger partial charge in [-0.15, -0.1) is 11.8 Å². The Morgan fingerprint density at radius 2 is 2.28 bits per heavy atom. The average molecular weight is 267 g/mol. The molecular formula is C12H14FN3OS. The molecule has 0 radical (unpaired) electrons. The lowest BCUT2D eigenvalue weighted by Crippen LogP contribution is -1.90. The molecule has 0 fully saturated rings. The number of hydrogen-bond donors (Lipinski definition) is 1. The normalized spacial score (nSPS) is 10.8. The van der Waals surface area contributed by atoms with Gasteiger partial charge in [-0.2, -0.15) is 4.98 Å². The van der Waals surface area contributed by atoms with Crippen molar-refractivity contribution < 1.29 is 8.91 Å². The topological polar surface area (TPSA) is 64.9 Å². The molecule has 0 saturated heterocycles. The Labute approximate surface area is 109 Å². The molecule has 4 nitrogen and oxygen atoms in total. The molecule has 18 heavy (non-hydrogen) atoms. The van der Waals surface area contributed by atoms with E-state index in [1.807, 2.05) is 0 Å². The number of hydrogen-bond acceptors (Lipinski definition) is 5. The van der Waals surface area contributed by atoms with Gasteiger partial charge in [0.2, 0.25) is 5.89 Å². The second kappa shape index (κ2) is 5.86. The van der Waals surface area contributed by atoms with Crippen LogP contribution >= 0.6 is 11.8 Å². The van der Waals surface area contributed by atoms with Gasteiger partial charge in [0.1, 0.15) is 5.82 Å². The van der Waals surface area contributed by atoms with Crippen LogP contribution in [0.1, 0.15) is 25.1 Å². The Morgan fingerprint density at radius 1 is 1.44 bits per heavy atom. The van der Waals surface area contributed by atoms with Gasteiger partial charge in [0.15, 0.2) is 5.82 Å². The van der Waals surface area contributed by atoms with E-state index in [0.717, 1.165) is 23.6 Å². The van der Waals surface area contributed by atoms with Crippen molar-refractivity contribution in [3.8, 4) is 0 Å². The second-order valence-corrected chi connectivity index (χ2v) is 4.88. The molecule has 0 amide bonds. The summed E-state index contributed by atoms with van der Waals surface area (Å²) in [4.78, 5) is 5.03. The summed E-state index contributed by atoms with van der Waals surface area (Å²) < 4.78 is 18.3. The van der Waals surface area contributed by atoms with Crippen LogP contribution in [0.15, 0.2) is 27.6 Å². The van der Waals surface area contributed by atoms with E-state index in [4.69, 9.17) is 10.3 Å². The molecule has 0 aliphatic rings. The predicted molar refractivity (Wildman–Crippen MR) is 68.7 cm³/mol. The van der Waals surface area contributed by atoms with Gasteiger partial charge >= 0.3 is 0 Å². The van der Waals surface area contributed by atoms with Gasteiger partial charge in [0, 0.05) is 11.3 Å². The van der Waals surface area contributed by atoms with Gasteiger partial charge < -0.3 is 10.3 Å². The van der Waals surface area contributed by atoms with E-state index >= 15 is 0 Å². The lowest BCUT2D eigenvalue weighted by molar-refractivity contribution is 0.384. The molecule has 0 spiro atoms. The molecule has 0 aliphatic carbocycles. The van der Waals surface area contributed by atoms with Crippen LogP contribution in [0.2, 0.25) is 0 Å². The maximum atomic E-state index is 13.2. The van der Waals surface area contributed by atoms with Crippen molar-refractivity contribution in [2.75, 3.05) is 5.73 Å². The lowest BCUT2D eigenvalue weighted by Gasteiger charge is -2.00. The minimum Gasteiger partial charge on any atom is -0.396 e. The summed E-state index contributed by atoms with van der Waals surface area (Å²) >= 11 is 1.44. The summed E-state index contributed by atoms with van der Waals surface area (Å²) in [5, 5.41) is 3.86. The third kappa shape index (κ3) is 3.22. The van der Waals surface area contributed by atoms with Crippen molar-refractivity contribution in [1.82, 2.24) is 10.1 Å². The number of nitrogen functional groups attached to an aromatic ring is 1. The van der Waals surface area contributed by atoms with Crippen LogP contribution in [0.4, 0.5) is 10.1 Å². The van der Waals surface area contributed by atoms with Crippen LogP contribution in [0, 0.1) is 5.82 Å². The van der Waals surface area contributed by atoms with Gasteiger partial charge in [-0.1, -0.05) is 12.1 Å². The standard InChI is InChI=1S/C12H14FN3OS/c1-2-3-11-15-12(17-16-11)7-18-8-4-5-10(14)9(13)6-8/h4-6H,2-3,7,14H2,1H3. The number of halogens is 1. The second-order valence-electron chi connectivity index (χ2n) is 3.83. The fourth-order valence-electron chi connectivity index (χ4n) is 1.42. The van der Waals surface area contributed by atoms with Crippen molar-refractivity contribution in [1.29, 1.82) is 0 Å². The lowest BCUT2D eigenvalue weighted by atomic mass is 10.3. The molecule has 1 aromatic heterocycles. The average Bonchev–Trinajstić information content (AvgIpc) is 2.79. The molecule has 1 aromatic carbocycles. The molecule has 0 unspecified atom stereocenters. The van der Waals surface area contributed by atoms with Crippen LogP contribution in [0.25, 0.3) is 0 Å². The highest BCUT2D eigenvalue weighted by atomic mass is 32.2. The molecule has 2 aromatic rings. The van der Waals surface area contributed by atoms with E-state index in [2.05, 4.69) is 17.1 Å². The summed E-state index contributed by atoms with van der Waals surface area (Å²) in [6.45, 7) is 2.06. The van der Waals surface area contributed by atoms with Crippen molar-refractivity contribution in [2.24, 2.45) is 0 Å². The minimum absolute atomic E-state index is 0.155. The molecule has 0 atom stereocenters. The van der Waals surface area contributed by atoms with Gasteiger partial charge in [-0.25, -0.2) is 4.39 Å². The number of benzene rings is 1. The number of nitrogens with two attached hydrogens (primary N) is 1. The first-order valence-electron chi connectivity index (χ1n) is 5.68. The van der Waals surface area contributed by atoms with Crippen molar-refractivity contribution in [3.05, 3.63) is 35.7 Å². The SMILES string of the molecule is CCCc1noc(CSc2ccc(N)c(F)c2)n1. The maximum Gasteiger partial charge on any atom is 0.237 e. The first-order chi connectivity index (χ1) is 8.69. The van der Waals surface area contributed by atoms with Gasteiger partial charge in [-0.3, -0.25) is 0 Å². The molecule has 0 bridgehead atoms. The number of aromatic nitrogens is 2.